The number of aliphatic hydroxyl groups is 19. The minimum atomic E-state index is -2.23. The van der Waals surface area contributed by atoms with Crippen LogP contribution in [-0.4, -0.2) is 339 Å². The highest BCUT2D eigenvalue weighted by atomic mass is 16.8. The van der Waals surface area contributed by atoms with Gasteiger partial charge in [-0.05, 0) is 0 Å². The van der Waals surface area contributed by atoms with Gasteiger partial charge in [0.2, 0.25) is 0 Å². The molecule has 0 amide bonds. The smallest absolute Gasteiger partial charge is 0.329 e. The number of carboxylic acids is 1. The average molecular weight is 1050 g/mol. The molecule has 0 aromatic rings. The fraction of sp³-hybridized carbons (Fsp3) is 0.974. The van der Waals surface area contributed by atoms with E-state index in [1.54, 1.807) is 0 Å². The molecule has 0 aromatic carbocycles. The van der Waals surface area contributed by atoms with E-state index >= 15 is 0 Å². The molecule has 0 aromatic heterocycles. The average Bonchev–Trinajstić information content (AvgIpc) is 3.35. The summed E-state index contributed by atoms with van der Waals surface area (Å²) in [6, 6.07) is 0. The van der Waals surface area contributed by atoms with Crippen molar-refractivity contribution in [2.24, 2.45) is 0 Å². The Morgan fingerprint density at radius 2 is 0.592 bits per heavy atom. The van der Waals surface area contributed by atoms with Crippen LogP contribution in [0.1, 0.15) is 0 Å². The molecule has 20 N–H and O–H groups in total. The quantitative estimate of drug-likeness (QED) is 0.0571. The van der Waals surface area contributed by atoms with E-state index in [0.29, 0.717) is 0 Å². The lowest BCUT2D eigenvalue weighted by atomic mass is 9.95. The number of hydrogen-bond donors (Lipinski definition) is 20. The third kappa shape index (κ3) is 12.4. The summed E-state index contributed by atoms with van der Waals surface area (Å²) in [6.45, 7) is -7.06. The number of carbonyl (C=O) groups is 1. The summed E-state index contributed by atoms with van der Waals surface area (Å²) in [5, 5.41) is 209. The molecule has 30 atom stereocenters. The molecule has 0 unspecified atom stereocenters. The zero-order valence-electron chi connectivity index (χ0n) is 37.0. The van der Waals surface area contributed by atoms with E-state index in [2.05, 4.69) is 0 Å². The van der Waals surface area contributed by atoms with Gasteiger partial charge in [0.05, 0.1) is 39.6 Å². The van der Waals surface area contributed by atoms with Crippen LogP contribution < -0.4 is 0 Å². The summed E-state index contributed by atoms with van der Waals surface area (Å²) in [4.78, 5) is 11.6. The molecular formula is C38H64O33. The van der Waals surface area contributed by atoms with Gasteiger partial charge in [-0.25, -0.2) is 4.79 Å². The van der Waals surface area contributed by atoms with Crippen LogP contribution in [0.5, 0.6) is 0 Å². The number of ether oxygens (including phenoxy) is 12. The summed E-state index contributed by atoms with van der Waals surface area (Å²) < 4.78 is 66.4. The van der Waals surface area contributed by atoms with Crippen molar-refractivity contribution in [1.82, 2.24) is 0 Å². The van der Waals surface area contributed by atoms with Crippen LogP contribution in [0.3, 0.4) is 0 Å². The molecule has 0 radical (unpaired) electrons. The Hall–Kier alpha value is -1.77. The van der Waals surface area contributed by atoms with Crippen LogP contribution in [0.15, 0.2) is 0 Å². The Balaban J connectivity index is 1.12. The van der Waals surface area contributed by atoms with Crippen LogP contribution in [0, 0.1) is 0 Å². The monoisotopic (exact) mass is 1050 g/mol. The Morgan fingerprint density at radius 3 is 0.944 bits per heavy atom. The fourth-order valence-electron chi connectivity index (χ4n) is 8.85. The van der Waals surface area contributed by atoms with Crippen molar-refractivity contribution in [3.8, 4) is 0 Å². The van der Waals surface area contributed by atoms with Crippen molar-refractivity contribution >= 4 is 5.97 Å². The Bertz CT molecular complexity index is 1630. The number of aliphatic carboxylic acids is 1. The third-order valence-electron chi connectivity index (χ3n) is 12.8. The summed E-state index contributed by atoms with van der Waals surface area (Å²) >= 11 is 0. The Labute approximate surface area is 400 Å². The first-order valence-corrected chi connectivity index (χ1v) is 22.2. The zero-order chi connectivity index (χ0) is 52.3. The highest BCUT2D eigenvalue weighted by molar-refractivity contribution is 5.68. The van der Waals surface area contributed by atoms with Gasteiger partial charge < -0.3 is 159 Å². The molecule has 6 fully saturated rings. The lowest BCUT2D eigenvalue weighted by Crippen LogP contribution is -2.68. The number of aliphatic hydroxyl groups excluding tert-OH is 19. The van der Waals surface area contributed by atoms with Crippen molar-refractivity contribution in [3.05, 3.63) is 0 Å². The van der Waals surface area contributed by atoms with Crippen molar-refractivity contribution in [3.63, 3.8) is 0 Å². The van der Waals surface area contributed by atoms with Crippen molar-refractivity contribution in [2.45, 2.75) is 184 Å². The summed E-state index contributed by atoms with van der Waals surface area (Å²) in [5.41, 5.74) is 0. The largest absolute Gasteiger partial charge is 0.480 e. The van der Waals surface area contributed by atoms with E-state index in [0.717, 1.165) is 0 Å². The second-order valence-corrected chi connectivity index (χ2v) is 17.4. The summed E-state index contributed by atoms with van der Waals surface area (Å²) in [6.07, 6.45) is -57.5. The molecule has 414 valence electrons. The van der Waals surface area contributed by atoms with Crippen LogP contribution >= 0.6 is 0 Å². The minimum absolute atomic E-state index is 0.844. The first-order chi connectivity index (χ1) is 33.7. The molecule has 6 heterocycles. The van der Waals surface area contributed by atoms with Gasteiger partial charge in [-0.3, -0.25) is 0 Å². The highest BCUT2D eigenvalue weighted by Gasteiger charge is 2.58. The van der Waals surface area contributed by atoms with Crippen molar-refractivity contribution in [2.75, 3.05) is 46.2 Å². The fourth-order valence-corrected chi connectivity index (χ4v) is 8.85. The predicted molar refractivity (Wildman–Crippen MR) is 211 cm³/mol. The lowest BCUT2D eigenvalue weighted by Gasteiger charge is -2.50. The zero-order valence-corrected chi connectivity index (χ0v) is 37.0. The van der Waals surface area contributed by atoms with Gasteiger partial charge in [0.25, 0.3) is 0 Å². The van der Waals surface area contributed by atoms with Crippen LogP contribution in [0.25, 0.3) is 0 Å². The van der Waals surface area contributed by atoms with Crippen LogP contribution in [0.2, 0.25) is 0 Å². The standard InChI is InChI=1S/C38H64O33/c39-1-8-15(47)16(48)22(54)34(62-8)68-28-10(3-41)63-36(23(55)18(28)50)69-29-11(4-42)64-37(24(56)19(29)51)70-31-13(6-44)66-38(32(26(31)58)60-7-14(45)46)71-30-12(5-43)65-35(25(57)20(30)52)67-27-9(2-40)61-33(59)21(53)17(27)49/h8-13,15-44,47-59H,1-7H2,(H,45,46)/t8-,9-,10-,11-,12-,13-,15-,16+,17-,18-,19-,20-,21-,22-,23-,24-,25-,26+,27-,28-,29-,30-,31-,32-,33+,34-,35-,36-,37-,38-/m1/s1. The van der Waals surface area contributed by atoms with E-state index in [1.807, 2.05) is 0 Å². The molecular weight excluding hydrogens is 984 g/mol. The number of carboxylic acid groups (broad SMARTS) is 1. The predicted octanol–water partition coefficient (Wildman–Crippen LogP) is -14.0. The molecule has 0 saturated carbocycles. The first kappa shape index (κ1) is 58.5. The first-order valence-electron chi connectivity index (χ1n) is 22.2. The van der Waals surface area contributed by atoms with E-state index in [9.17, 15) is 107 Å². The molecule has 33 nitrogen and oxygen atoms in total. The Morgan fingerprint density at radius 1 is 0.310 bits per heavy atom. The van der Waals surface area contributed by atoms with Gasteiger partial charge in [0, 0.05) is 0 Å². The normalized spacial score (nSPS) is 51.0. The minimum Gasteiger partial charge on any atom is -0.480 e. The molecule has 6 aliphatic heterocycles. The maximum absolute atomic E-state index is 11.6. The Kier molecular flexibility index (Phi) is 20.9. The van der Waals surface area contributed by atoms with Gasteiger partial charge in [-0.2, -0.15) is 0 Å². The molecule has 0 spiro atoms. The van der Waals surface area contributed by atoms with Crippen LogP contribution in [0.4, 0.5) is 0 Å². The highest BCUT2D eigenvalue weighted by Crippen LogP contribution is 2.37. The van der Waals surface area contributed by atoms with E-state index in [4.69, 9.17) is 56.8 Å². The SMILES string of the molecule is O=C(O)CO[C@H]1[C@@H](O[C@H]2[C@H](O)[C@@H](O)[C@@H](O[C@H]3[C@H](O)[C@@H](O)[C@@H](O)O[C@@H]3CO)O[C@@H]2CO)O[C@H](CO)[C@@H](O[C@H]2O[C@H](CO)[C@@H](O[C@H]3O[C@H](CO)[C@@H](O[C@H]4O[C@H](CO)[C@@H](O)[C@H](O)[C@H]4O)[C@H](O)[C@H]3O)[C@H](O)[C@H]2O)[C@@H]1O. The molecule has 6 saturated heterocycles. The van der Waals surface area contributed by atoms with Gasteiger partial charge in [0.1, 0.15) is 153 Å². The van der Waals surface area contributed by atoms with E-state index in [-0.39, 0.29) is 0 Å². The molecule has 6 aliphatic rings. The molecule has 6 rings (SSSR count). The number of rotatable bonds is 19. The molecule has 0 bridgehead atoms. The third-order valence-corrected chi connectivity index (χ3v) is 12.8. The second-order valence-electron chi connectivity index (χ2n) is 17.4. The maximum atomic E-state index is 11.6. The van der Waals surface area contributed by atoms with Gasteiger partial charge in [-0.1, -0.05) is 0 Å². The van der Waals surface area contributed by atoms with E-state index < -0.39 is 236 Å². The maximum Gasteiger partial charge on any atom is 0.329 e. The summed E-state index contributed by atoms with van der Waals surface area (Å²) in [7, 11) is 0. The molecule has 33 heteroatoms. The van der Waals surface area contributed by atoms with Gasteiger partial charge >= 0.3 is 5.97 Å². The lowest BCUT2D eigenvalue weighted by molar-refractivity contribution is -0.397. The van der Waals surface area contributed by atoms with Crippen LogP contribution in [-0.2, 0) is 61.6 Å². The van der Waals surface area contributed by atoms with Gasteiger partial charge in [0.15, 0.2) is 37.7 Å². The second kappa shape index (κ2) is 25.4. The van der Waals surface area contributed by atoms with Crippen molar-refractivity contribution in [1.29, 1.82) is 0 Å². The summed E-state index contributed by atoms with van der Waals surface area (Å²) in [5.74, 6) is -1.61. The number of hydrogen-bond acceptors (Lipinski definition) is 32. The van der Waals surface area contributed by atoms with Gasteiger partial charge in [-0.15, -0.1) is 0 Å². The molecule has 71 heavy (non-hydrogen) atoms. The van der Waals surface area contributed by atoms with E-state index in [1.165, 1.54) is 0 Å². The topological polar surface area (TPSA) is 532 Å². The molecule has 0 aliphatic carbocycles. The van der Waals surface area contributed by atoms with Crippen molar-refractivity contribution < 1.29 is 164 Å².